The summed E-state index contributed by atoms with van der Waals surface area (Å²) in [7, 11) is 0. The van der Waals surface area contributed by atoms with Crippen LogP contribution >= 0.6 is 22.9 Å². The highest BCUT2D eigenvalue weighted by atomic mass is 35.5. The van der Waals surface area contributed by atoms with Gasteiger partial charge in [-0.1, -0.05) is 31.5 Å². The third kappa shape index (κ3) is 3.26. The number of hydrogen-bond donors (Lipinski definition) is 1. The lowest BCUT2D eigenvalue weighted by Crippen LogP contribution is -2.22. The first-order valence-corrected chi connectivity index (χ1v) is 8.30. The highest BCUT2D eigenvalue weighted by Crippen LogP contribution is 2.28. The fraction of sp³-hybridized carbons (Fsp3) is 0.235. The van der Waals surface area contributed by atoms with Crippen molar-refractivity contribution in [2.75, 3.05) is 0 Å². The number of halogens is 1. The fourth-order valence-corrected chi connectivity index (χ4v) is 3.09. The van der Waals surface area contributed by atoms with Crippen LogP contribution in [0.1, 0.15) is 19.4 Å². The molecule has 3 aromatic rings. The Morgan fingerprint density at radius 1 is 1.24 bits per heavy atom. The van der Waals surface area contributed by atoms with E-state index in [0.717, 1.165) is 28.2 Å². The van der Waals surface area contributed by atoms with E-state index in [1.165, 1.54) is 11.1 Å². The summed E-state index contributed by atoms with van der Waals surface area (Å²) >= 11 is 7.78. The van der Waals surface area contributed by atoms with Crippen molar-refractivity contribution in [2.45, 2.75) is 26.4 Å². The lowest BCUT2D eigenvalue weighted by molar-refractivity contribution is 0.589. The van der Waals surface area contributed by atoms with Crippen LogP contribution in [0.4, 0.5) is 0 Å². The molecule has 0 aliphatic heterocycles. The second-order valence-electron chi connectivity index (χ2n) is 5.38. The summed E-state index contributed by atoms with van der Waals surface area (Å²) in [4.78, 5) is 4.84. The van der Waals surface area contributed by atoms with Crippen LogP contribution in [0, 0.1) is 0 Å². The van der Waals surface area contributed by atoms with E-state index in [1.54, 1.807) is 11.3 Å². The van der Waals surface area contributed by atoms with Crippen molar-refractivity contribution in [3.63, 3.8) is 0 Å². The van der Waals surface area contributed by atoms with Gasteiger partial charge in [-0.3, -0.25) is 0 Å². The maximum absolute atomic E-state index is 6.09. The Morgan fingerprint density at radius 3 is 2.81 bits per heavy atom. The standard InChI is InChI=1S/C17H17ClN2S/c1-11(2)19-9-14-7-12-3-4-15(18)8-16(12)20-17(14)13-5-6-21-10-13/h3-8,10-11,19H,9H2,1-2H3. The molecular formula is C17H17ClN2S. The maximum atomic E-state index is 6.09. The van der Waals surface area contributed by atoms with E-state index >= 15 is 0 Å². The molecule has 2 nitrogen and oxygen atoms in total. The first-order valence-electron chi connectivity index (χ1n) is 6.98. The van der Waals surface area contributed by atoms with Crippen LogP contribution in [-0.2, 0) is 6.54 Å². The topological polar surface area (TPSA) is 24.9 Å². The summed E-state index contributed by atoms with van der Waals surface area (Å²) in [5.41, 5.74) is 4.37. The molecular weight excluding hydrogens is 300 g/mol. The van der Waals surface area contributed by atoms with Crippen molar-refractivity contribution in [1.82, 2.24) is 10.3 Å². The summed E-state index contributed by atoms with van der Waals surface area (Å²) in [6, 6.07) is 10.6. The summed E-state index contributed by atoms with van der Waals surface area (Å²) < 4.78 is 0. The molecule has 1 N–H and O–H groups in total. The Kier molecular flexibility index (Phi) is 4.24. The molecule has 0 unspecified atom stereocenters. The lowest BCUT2D eigenvalue weighted by Gasteiger charge is -2.13. The van der Waals surface area contributed by atoms with Crippen LogP contribution < -0.4 is 5.32 Å². The third-order valence-electron chi connectivity index (χ3n) is 3.35. The van der Waals surface area contributed by atoms with Gasteiger partial charge >= 0.3 is 0 Å². The minimum Gasteiger partial charge on any atom is -0.310 e. The van der Waals surface area contributed by atoms with E-state index in [2.05, 4.69) is 42.1 Å². The molecule has 0 saturated heterocycles. The van der Waals surface area contributed by atoms with E-state index in [4.69, 9.17) is 16.6 Å². The van der Waals surface area contributed by atoms with Crippen molar-refractivity contribution < 1.29 is 0 Å². The predicted octanol–water partition coefficient (Wildman–Crippen LogP) is 5.11. The van der Waals surface area contributed by atoms with Gasteiger partial charge in [0.15, 0.2) is 0 Å². The lowest BCUT2D eigenvalue weighted by atomic mass is 10.0. The summed E-state index contributed by atoms with van der Waals surface area (Å²) in [5, 5.41) is 9.54. The third-order valence-corrected chi connectivity index (χ3v) is 4.27. The van der Waals surface area contributed by atoms with E-state index in [-0.39, 0.29) is 0 Å². The van der Waals surface area contributed by atoms with Gasteiger partial charge in [-0.25, -0.2) is 4.98 Å². The predicted molar refractivity (Wildman–Crippen MR) is 92.0 cm³/mol. The van der Waals surface area contributed by atoms with Crippen LogP contribution in [0.25, 0.3) is 22.2 Å². The monoisotopic (exact) mass is 316 g/mol. The number of pyridine rings is 1. The van der Waals surface area contributed by atoms with Gasteiger partial charge < -0.3 is 5.32 Å². The average molecular weight is 317 g/mol. The Balaban J connectivity index is 2.13. The number of benzene rings is 1. The molecule has 2 heterocycles. The molecule has 0 radical (unpaired) electrons. The van der Waals surface area contributed by atoms with Gasteiger partial charge in [0.25, 0.3) is 0 Å². The molecule has 108 valence electrons. The quantitative estimate of drug-likeness (QED) is 0.723. The highest BCUT2D eigenvalue weighted by Gasteiger charge is 2.10. The molecule has 0 bridgehead atoms. The first kappa shape index (κ1) is 14.5. The van der Waals surface area contributed by atoms with Crippen LogP contribution in [-0.4, -0.2) is 11.0 Å². The molecule has 4 heteroatoms. The Hall–Kier alpha value is -1.42. The summed E-state index contributed by atoms with van der Waals surface area (Å²) in [6.07, 6.45) is 0. The highest BCUT2D eigenvalue weighted by molar-refractivity contribution is 7.08. The zero-order valence-electron chi connectivity index (χ0n) is 12.1. The molecule has 21 heavy (non-hydrogen) atoms. The van der Waals surface area contributed by atoms with Crippen molar-refractivity contribution in [3.8, 4) is 11.3 Å². The van der Waals surface area contributed by atoms with Gasteiger partial charge in [-0.2, -0.15) is 11.3 Å². The van der Waals surface area contributed by atoms with Crippen LogP contribution in [0.5, 0.6) is 0 Å². The minimum absolute atomic E-state index is 0.446. The van der Waals surface area contributed by atoms with Crippen molar-refractivity contribution >= 4 is 33.8 Å². The SMILES string of the molecule is CC(C)NCc1cc2ccc(Cl)cc2nc1-c1ccsc1. The zero-order valence-corrected chi connectivity index (χ0v) is 13.6. The minimum atomic E-state index is 0.446. The van der Waals surface area contributed by atoms with E-state index in [1.807, 2.05) is 18.2 Å². The Labute approximate surface area is 133 Å². The number of fused-ring (bicyclic) bond motifs is 1. The molecule has 0 atom stereocenters. The van der Waals surface area contributed by atoms with E-state index in [9.17, 15) is 0 Å². The molecule has 3 rings (SSSR count). The van der Waals surface area contributed by atoms with Crippen LogP contribution in [0.15, 0.2) is 41.1 Å². The molecule has 0 amide bonds. The smallest absolute Gasteiger partial charge is 0.0763 e. The molecule has 0 aliphatic carbocycles. The van der Waals surface area contributed by atoms with Gasteiger partial charge in [0.05, 0.1) is 11.2 Å². The molecule has 0 saturated carbocycles. The number of nitrogens with zero attached hydrogens (tertiary/aromatic N) is 1. The normalized spacial score (nSPS) is 11.4. The summed E-state index contributed by atoms with van der Waals surface area (Å²) in [5.74, 6) is 0. The second-order valence-corrected chi connectivity index (χ2v) is 6.60. The van der Waals surface area contributed by atoms with Crippen LogP contribution in [0.3, 0.4) is 0 Å². The average Bonchev–Trinajstić information content (AvgIpc) is 2.98. The van der Waals surface area contributed by atoms with Gasteiger partial charge in [-0.15, -0.1) is 0 Å². The number of hydrogen-bond acceptors (Lipinski definition) is 3. The van der Waals surface area contributed by atoms with Crippen molar-refractivity contribution in [3.05, 3.63) is 51.7 Å². The van der Waals surface area contributed by atoms with Gasteiger partial charge in [0.1, 0.15) is 0 Å². The maximum Gasteiger partial charge on any atom is 0.0763 e. The molecule has 2 aromatic heterocycles. The molecule has 0 fully saturated rings. The van der Waals surface area contributed by atoms with Crippen LogP contribution in [0.2, 0.25) is 5.02 Å². The summed E-state index contributed by atoms with van der Waals surface area (Å²) in [6.45, 7) is 5.12. The van der Waals surface area contributed by atoms with Gasteiger partial charge in [0.2, 0.25) is 0 Å². The number of thiophene rings is 1. The van der Waals surface area contributed by atoms with Gasteiger partial charge in [0, 0.05) is 33.9 Å². The molecule has 0 spiro atoms. The van der Waals surface area contributed by atoms with Crippen molar-refractivity contribution in [2.24, 2.45) is 0 Å². The Morgan fingerprint density at radius 2 is 2.10 bits per heavy atom. The van der Waals surface area contributed by atoms with E-state index in [0.29, 0.717) is 6.04 Å². The Bertz CT molecular complexity index is 751. The largest absolute Gasteiger partial charge is 0.310 e. The number of rotatable bonds is 4. The first-order chi connectivity index (χ1) is 10.1. The van der Waals surface area contributed by atoms with Gasteiger partial charge in [-0.05, 0) is 35.2 Å². The zero-order chi connectivity index (χ0) is 14.8. The molecule has 0 aliphatic rings. The number of nitrogens with one attached hydrogen (secondary N) is 1. The number of aromatic nitrogens is 1. The fourth-order valence-electron chi connectivity index (χ4n) is 2.28. The van der Waals surface area contributed by atoms with Crippen molar-refractivity contribution in [1.29, 1.82) is 0 Å². The van der Waals surface area contributed by atoms with E-state index < -0.39 is 0 Å². The molecule has 1 aromatic carbocycles. The second kappa shape index (κ2) is 6.14.